The van der Waals surface area contributed by atoms with Crippen molar-refractivity contribution in [2.24, 2.45) is 11.7 Å². The molecular formula is C8H15NO2. The number of nitrogens with two attached hydrogens (primary N) is 1. The predicted molar refractivity (Wildman–Crippen MR) is 42.2 cm³/mol. The van der Waals surface area contributed by atoms with Gasteiger partial charge in [0.1, 0.15) is 0 Å². The summed E-state index contributed by atoms with van der Waals surface area (Å²) in [6.45, 7) is 1.82. The molecule has 11 heavy (non-hydrogen) atoms. The van der Waals surface area contributed by atoms with Crippen LogP contribution in [-0.2, 0) is 9.53 Å². The van der Waals surface area contributed by atoms with Crippen molar-refractivity contribution in [2.75, 3.05) is 7.11 Å². The van der Waals surface area contributed by atoms with Crippen LogP contribution in [-0.4, -0.2) is 25.0 Å². The maximum atomic E-state index is 11.3. The van der Waals surface area contributed by atoms with Crippen LogP contribution in [0.4, 0.5) is 0 Å². The van der Waals surface area contributed by atoms with Crippen LogP contribution < -0.4 is 5.73 Å². The van der Waals surface area contributed by atoms with Gasteiger partial charge in [-0.3, -0.25) is 4.79 Å². The predicted octanol–water partition coefficient (Wildman–Crippen LogP) is 0.328. The summed E-state index contributed by atoms with van der Waals surface area (Å²) in [5.74, 6) is 0.405. The highest BCUT2D eigenvalue weighted by atomic mass is 16.5. The van der Waals surface area contributed by atoms with Crippen molar-refractivity contribution in [2.45, 2.75) is 31.9 Å². The minimum Gasteiger partial charge on any atom is -0.380 e. The minimum atomic E-state index is -0.424. The molecule has 1 aliphatic carbocycles. The molecule has 0 aromatic rings. The summed E-state index contributed by atoms with van der Waals surface area (Å²) in [6, 6.07) is -0.424. The smallest absolute Gasteiger partial charge is 0.155 e. The Balaban J connectivity index is 2.38. The van der Waals surface area contributed by atoms with E-state index in [-0.39, 0.29) is 17.8 Å². The van der Waals surface area contributed by atoms with E-state index in [0.717, 1.165) is 12.8 Å². The first-order valence-electron chi connectivity index (χ1n) is 3.99. The first-order valence-corrected chi connectivity index (χ1v) is 3.99. The molecule has 1 fully saturated rings. The van der Waals surface area contributed by atoms with Crippen molar-refractivity contribution < 1.29 is 9.53 Å². The number of hydrogen-bond acceptors (Lipinski definition) is 3. The van der Waals surface area contributed by atoms with Crippen LogP contribution >= 0.6 is 0 Å². The monoisotopic (exact) mass is 157 g/mol. The fourth-order valence-electron chi connectivity index (χ4n) is 1.02. The third-order valence-electron chi connectivity index (χ3n) is 2.19. The number of Topliss-reactive ketones (excluding diaryl/α,β-unsaturated/α-hetero) is 1. The standard InChI is InChI=1S/C8H15NO2/c1-5(11-2)7(9)8(10)6-3-4-6/h5-7H,3-4,9H2,1-2H3. The van der Waals surface area contributed by atoms with E-state index in [1.165, 1.54) is 0 Å². The quantitative estimate of drug-likeness (QED) is 0.639. The molecule has 3 nitrogen and oxygen atoms in total. The van der Waals surface area contributed by atoms with E-state index in [9.17, 15) is 4.79 Å². The summed E-state index contributed by atoms with van der Waals surface area (Å²) >= 11 is 0. The van der Waals surface area contributed by atoms with Crippen LogP contribution in [0.5, 0.6) is 0 Å². The van der Waals surface area contributed by atoms with Crippen LogP contribution in [0, 0.1) is 5.92 Å². The molecular weight excluding hydrogens is 142 g/mol. The second-order valence-corrected chi connectivity index (χ2v) is 3.14. The second-order valence-electron chi connectivity index (χ2n) is 3.14. The van der Waals surface area contributed by atoms with Crippen molar-refractivity contribution in [3.8, 4) is 0 Å². The molecule has 1 aliphatic rings. The molecule has 64 valence electrons. The summed E-state index contributed by atoms with van der Waals surface area (Å²) in [5, 5.41) is 0. The van der Waals surface area contributed by atoms with Crippen molar-refractivity contribution >= 4 is 5.78 Å². The number of ether oxygens (including phenoxy) is 1. The van der Waals surface area contributed by atoms with E-state index < -0.39 is 6.04 Å². The highest BCUT2D eigenvalue weighted by Crippen LogP contribution is 2.31. The fourth-order valence-corrected chi connectivity index (χ4v) is 1.02. The molecule has 2 atom stereocenters. The van der Waals surface area contributed by atoms with Crippen LogP contribution in [0.3, 0.4) is 0 Å². The Morgan fingerprint density at radius 2 is 2.18 bits per heavy atom. The maximum Gasteiger partial charge on any atom is 0.155 e. The average molecular weight is 157 g/mol. The molecule has 0 aromatic heterocycles. The van der Waals surface area contributed by atoms with Gasteiger partial charge >= 0.3 is 0 Å². The van der Waals surface area contributed by atoms with Crippen molar-refractivity contribution in [3.63, 3.8) is 0 Å². The molecule has 2 unspecified atom stereocenters. The summed E-state index contributed by atoms with van der Waals surface area (Å²) in [4.78, 5) is 11.3. The van der Waals surface area contributed by atoms with E-state index in [1.54, 1.807) is 7.11 Å². The van der Waals surface area contributed by atoms with Gasteiger partial charge in [-0.2, -0.15) is 0 Å². The third-order valence-corrected chi connectivity index (χ3v) is 2.19. The number of hydrogen-bond donors (Lipinski definition) is 1. The van der Waals surface area contributed by atoms with Gasteiger partial charge in [-0.25, -0.2) is 0 Å². The van der Waals surface area contributed by atoms with Gasteiger partial charge in [-0.05, 0) is 19.8 Å². The number of rotatable bonds is 4. The van der Waals surface area contributed by atoms with Gasteiger partial charge in [-0.15, -0.1) is 0 Å². The number of carbonyl (C=O) groups excluding carboxylic acids is 1. The SMILES string of the molecule is COC(C)C(N)C(=O)C1CC1. The highest BCUT2D eigenvalue weighted by Gasteiger charge is 2.35. The molecule has 0 aliphatic heterocycles. The van der Waals surface area contributed by atoms with Gasteiger partial charge in [0.2, 0.25) is 0 Å². The van der Waals surface area contributed by atoms with Crippen LogP contribution in [0.1, 0.15) is 19.8 Å². The zero-order valence-electron chi connectivity index (χ0n) is 7.04. The van der Waals surface area contributed by atoms with E-state index in [1.807, 2.05) is 6.92 Å². The number of ketones is 1. The summed E-state index contributed by atoms with van der Waals surface area (Å²) in [7, 11) is 1.57. The summed E-state index contributed by atoms with van der Waals surface area (Å²) < 4.78 is 4.97. The zero-order chi connectivity index (χ0) is 8.43. The third kappa shape index (κ3) is 2.01. The molecule has 0 amide bonds. The molecule has 0 saturated heterocycles. The van der Waals surface area contributed by atoms with Crippen LogP contribution in [0.2, 0.25) is 0 Å². The lowest BCUT2D eigenvalue weighted by Crippen LogP contribution is -2.42. The molecule has 0 spiro atoms. The molecule has 1 rings (SSSR count). The lowest BCUT2D eigenvalue weighted by atomic mass is 10.1. The van der Waals surface area contributed by atoms with Crippen molar-refractivity contribution in [3.05, 3.63) is 0 Å². The molecule has 0 aromatic carbocycles. The first kappa shape index (κ1) is 8.68. The lowest BCUT2D eigenvalue weighted by Gasteiger charge is -2.16. The summed E-state index contributed by atoms with van der Waals surface area (Å²) in [5.41, 5.74) is 5.64. The van der Waals surface area contributed by atoms with Crippen molar-refractivity contribution in [1.29, 1.82) is 0 Å². The Hall–Kier alpha value is -0.410. The van der Waals surface area contributed by atoms with E-state index in [0.29, 0.717) is 0 Å². The maximum absolute atomic E-state index is 11.3. The normalized spacial score (nSPS) is 22.8. The zero-order valence-corrected chi connectivity index (χ0v) is 7.04. The first-order chi connectivity index (χ1) is 5.16. The second kappa shape index (κ2) is 3.32. The molecule has 2 N–H and O–H groups in total. The van der Waals surface area contributed by atoms with E-state index in [2.05, 4.69) is 0 Å². The highest BCUT2D eigenvalue weighted by molar-refractivity contribution is 5.88. The fraction of sp³-hybridized carbons (Fsp3) is 0.875. The van der Waals surface area contributed by atoms with Gasteiger partial charge in [0.05, 0.1) is 12.1 Å². The van der Waals surface area contributed by atoms with Gasteiger partial charge in [0.25, 0.3) is 0 Å². The Morgan fingerprint density at radius 3 is 2.55 bits per heavy atom. The Morgan fingerprint density at radius 1 is 1.64 bits per heavy atom. The minimum absolute atomic E-state index is 0.150. The van der Waals surface area contributed by atoms with E-state index in [4.69, 9.17) is 10.5 Å². The molecule has 0 radical (unpaired) electrons. The van der Waals surface area contributed by atoms with Gasteiger partial charge in [0, 0.05) is 13.0 Å². The molecule has 3 heteroatoms. The lowest BCUT2D eigenvalue weighted by molar-refractivity contribution is -0.124. The summed E-state index contributed by atoms with van der Waals surface area (Å²) in [6.07, 6.45) is 1.88. The number of methoxy groups -OCH3 is 1. The van der Waals surface area contributed by atoms with Gasteiger partial charge < -0.3 is 10.5 Å². The van der Waals surface area contributed by atoms with Gasteiger partial charge in [0.15, 0.2) is 5.78 Å². The molecule has 0 bridgehead atoms. The van der Waals surface area contributed by atoms with Crippen LogP contribution in [0.15, 0.2) is 0 Å². The molecule has 1 saturated carbocycles. The number of carbonyl (C=O) groups is 1. The van der Waals surface area contributed by atoms with Crippen molar-refractivity contribution in [1.82, 2.24) is 0 Å². The molecule has 0 heterocycles. The van der Waals surface area contributed by atoms with Crippen LogP contribution in [0.25, 0.3) is 0 Å². The Labute approximate surface area is 66.9 Å². The van der Waals surface area contributed by atoms with E-state index >= 15 is 0 Å². The largest absolute Gasteiger partial charge is 0.380 e. The Kier molecular flexibility index (Phi) is 2.62. The average Bonchev–Trinajstić information content (AvgIpc) is 2.82. The van der Waals surface area contributed by atoms with Gasteiger partial charge in [-0.1, -0.05) is 0 Å². The Bertz CT molecular complexity index is 154. The topological polar surface area (TPSA) is 52.3 Å².